The smallest absolute Gasteiger partial charge is 0.0551 e. The summed E-state index contributed by atoms with van der Waals surface area (Å²) in [6.07, 6.45) is 2.45. The minimum absolute atomic E-state index is 0.580. The van der Waals surface area contributed by atoms with Gasteiger partial charge < -0.3 is 10.2 Å². The number of rotatable bonds is 8. The average Bonchev–Trinajstić information content (AvgIpc) is 2.42. The van der Waals surface area contributed by atoms with Gasteiger partial charge in [0.05, 0.1) is 5.02 Å². The van der Waals surface area contributed by atoms with E-state index in [0.717, 1.165) is 28.5 Å². The van der Waals surface area contributed by atoms with Gasteiger partial charge in [0, 0.05) is 23.6 Å². The van der Waals surface area contributed by atoms with E-state index in [1.165, 1.54) is 18.4 Å². The summed E-state index contributed by atoms with van der Waals surface area (Å²) in [7, 11) is 4.34. The summed E-state index contributed by atoms with van der Waals surface area (Å²) >= 11 is 9.54. The Bertz CT molecular complexity index is 405. The number of hydrogen-bond donors (Lipinski definition) is 1. The second-order valence-corrected chi connectivity index (χ2v) is 6.75. The molecule has 1 unspecified atom stereocenters. The normalized spacial score (nSPS) is 13.2. The average molecular weight is 362 g/mol. The van der Waals surface area contributed by atoms with Gasteiger partial charge in [0.15, 0.2) is 0 Å². The van der Waals surface area contributed by atoms with Gasteiger partial charge in [-0.05, 0) is 53.6 Å². The molecule has 0 aliphatic carbocycles. The molecule has 0 bridgehead atoms. The van der Waals surface area contributed by atoms with Crippen molar-refractivity contribution in [3.8, 4) is 0 Å². The summed E-state index contributed by atoms with van der Waals surface area (Å²) in [6, 6.07) is 6.70. The SMILES string of the molecule is CCC(CC)C(CNCc1ccc(Br)c(Cl)c1)N(C)C. The quantitative estimate of drug-likeness (QED) is 0.730. The molecule has 1 N–H and O–H groups in total. The summed E-state index contributed by atoms with van der Waals surface area (Å²) in [4.78, 5) is 2.33. The molecule has 0 radical (unpaired) electrons. The van der Waals surface area contributed by atoms with E-state index in [4.69, 9.17) is 11.6 Å². The summed E-state index contributed by atoms with van der Waals surface area (Å²) in [5, 5.41) is 4.34. The molecule has 0 aliphatic heterocycles. The van der Waals surface area contributed by atoms with E-state index in [1.807, 2.05) is 12.1 Å². The van der Waals surface area contributed by atoms with Crippen LogP contribution in [0.25, 0.3) is 0 Å². The van der Waals surface area contributed by atoms with Crippen molar-refractivity contribution in [1.82, 2.24) is 10.2 Å². The predicted octanol–water partition coefficient (Wildman–Crippen LogP) is 4.56. The largest absolute Gasteiger partial charge is 0.311 e. The lowest BCUT2D eigenvalue weighted by atomic mass is 9.93. The van der Waals surface area contributed by atoms with Crippen LogP contribution in [0.1, 0.15) is 32.3 Å². The third-order valence-corrected chi connectivity index (χ3v) is 5.16. The van der Waals surface area contributed by atoms with E-state index >= 15 is 0 Å². The van der Waals surface area contributed by atoms with Crippen LogP contribution in [-0.4, -0.2) is 31.6 Å². The molecule has 1 atom stereocenters. The van der Waals surface area contributed by atoms with E-state index in [2.05, 4.69) is 60.2 Å². The van der Waals surface area contributed by atoms with Crippen LogP contribution in [0.5, 0.6) is 0 Å². The molecule has 0 saturated carbocycles. The maximum absolute atomic E-state index is 6.12. The molecule has 0 saturated heterocycles. The van der Waals surface area contributed by atoms with E-state index in [1.54, 1.807) is 0 Å². The van der Waals surface area contributed by atoms with Crippen molar-refractivity contribution >= 4 is 27.5 Å². The molecule has 0 amide bonds. The Balaban J connectivity index is 2.53. The van der Waals surface area contributed by atoms with E-state index < -0.39 is 0 Å². The molecule has 0 aliphatic rings. The van der Waals surface area contributed by atoms with Crippen molar-refractivity contribution < 1.29 is 0 Å². The highest BCUT2D eigenvalue weighted by atomic mass is 79.9. The Kier molecular flexibility index (Phi) is 8.11. The molecule has 1 aromatic carbocycles. The second kappa shape index (κ2) is 9.04. The molecular formula is C16H26BrClN2. The fourth-order valence-electron chi connectivity index (χ4n) is 2.62. The first kappa shape index (κ1) is 18.0. The Labute approximate surface area is 137 Å². The standard InChI is InChI=1S/C16H26BrClN2/c1-5-13(6-2)16(20(3)4)11-19-10-12-7-8-14(17)15(18)9-12/h7-9,13,16,19H,5-6,10-11H2,1-4H3. The highest BCUT2D eigenvalue weighted by Crippen LogP contribution is 2.23. The summed E-state index contributed by atoms with van der Waals surface area (Å²) in [5.41, 5.74) is 1.22. The lowest BCUT2D eigenvalue weighted by molar-refractivity contribution is 0.194. The number of nitrogens with one attached hydrogen (secondary N) is 1. The fourth-order valence-corrected chi connectivity index (χ4v) is 3.07. The maximum Gasteiger partial charge on any atom is 0.0551 e. The second-order valence-electron chi connectivity index (χ2n) is 5.49. The molecule has 0 aromatic heterocycles. The van der Waals surface area contributed by atoms with Crippen molar-refractivity contribution in [2.45, 2.75) is 39.3 Å². The van der Waals surface area contributed by atoms with Gasteiger partial charge in [0.2, 0.25) is 0 Å². The molecule has 114 valence electrons. The number of likely N-dealkylation sites (N-methyl/N-ethyl adjacent to an activating group) is 1. The van der Waals surface area contributed by atoms with Gasteiger partial charge in [-0.15, -0.1) is 0 Å². The van der Waals surface area contributed by atoms with Gasteiger partial charge in [0.1, 0.15) is 0 Å². The van der Waals surface area contributed by atoms with Gasteiger partial charge in [-0.1, -0.05) is 44.4 Å². The van der Waals surface area contributed by atoms with Crippen molar-refractivity contribution in [3.63, 3.8) is 0 Å². The van der Waals surface area contributed by atoms with Gasteiger partial charge >= 0.3 is 0 Å². The molecule has 1 rings (SSSR count). The van der Waals surface area contributed by atoms with Gasteiger partial charge in [-0.3, -0.25) is 0 Å². The minimum atomic E-state index is 0.580. The molecule has 0 spiro atoms. The van der Waals surface area contributed by atoms with Crippen LogP contribution in [-0.2, 0) is 6.54 Å². The summed E-state index contributed by atoms with van der Waals surface area (Å²) in [5.74, 6) is 0.742. The van der Waals surface area contributed by atoms with Crippen LogP contribution in [0.3, 0.4) is 0 Å². The first-order valence-electron chi connectivity index (χ1n) is 7.30. The zero-order valence-corrected chi connectivity index (χ0v) is 15.3. The monoisotopic (exact) mass is 360 g/mol. The molecular weight excluding hydrogens is 336 g/mol. The number of halogens is 2. The number of benzene rings is 1. The Morgan fingerprint density at radius 3 is 2.40 bits per heavy atom. The third kappa shape index (κ3) is 5.36. The number of hydrogen-bond acceptors (Lipinski definition) is 2. The third-order valence-electron chi connectivity index (χ3n) is 3.92. The molecule has 0 heterocycles. The van der Waals surface area contributed by atoms with Crippen molar-refractivity contribution in [3.05, 3.63) is 33.3 Å². The van der Waals surface area contributed by atoms with Gasteiger partial charge in [0.25, 0.3) is 0 Å². The van der Waals surface area contributed by atoms with E-state index in [9.17, 15) is 0 Å². The Morgan fingerprint density at radius 1 is 1.25 bits per heavy atom. The zero-order valence-electron chi connectivity index (χ0n) is 12.9. The first-order chi connectivity index (χ1) is 9.49. The maximum atomic E-state index is 6.12. The summed E-state index contributed by atoms with van der Waals surface area (Å²) in [6.45, 7) is 6.42. The molecule has 2 nitrogen and oxygen atoms in total. The van der Waals surface area contributed by atoms with Crippen molar-refractivity contribution in [2.24, 2.45) is 5.92 Å². The van der Waals surface area contributed by atoms with Crippen LogP contribution in [0.2, 0.25) is 5.02 Å². The zero-order chi connectivity index (χ0) is 15.1. The van der Waals surface area contributed by atoms with Crippen LogP contribution in [0.4, 0.5) is 0 Å². The predicted molar refractivity (Wildman–Crippen MR) is 92.4 cm³/mol. The minimum Gasteiger partial charge on any atom is -0.311 e. The van der Waals surface area contributed by atoms with Gasteiger partial charge in [-0.25, -0.2) is 0 Å². The topological polar surface area (TPSA) is 15.3 Å². The van der Waals surface area contributed by atoms with Crippen LogP contribution in [0, 0.1) is 5.92 Å². The van der Waals surface area contributed by atoms with Crippen LogP contribution in [0.15, 0.2) is 22.7 Å². The molecule has 0 fully saturated rings. The first-order valence-corrected chi connectivity index (χ1v) is 8.47. The van der Waals surface area contributed by atoms with Crippen molar-refractivity contribution in [1.29, 1.82) is 0 Å². The van der Waals surface area contributed by atoms with Crippen LogP contribution < -0.4 is 5.32 Å². The van der Waals surface area contributed by atoms with Crippen molar-refractivity contribution in [2.75, 3.05) is 20.6 Å². The lowest BCUT2D eigenvalue weighted by Crippen LogP contribution is -2.42. The molecule has 20 heavy (non-hydrogen) atoms. The fraction of sp³-hybridized carbons (Fsp3) is 0.625. The van der Waals surface area contributed by atoms with E-state index in [-0.39, 0.29) is 0 Å². The van der Waals surface area contributed by atoms with Crippen LogP contribution >= 0.6 is 27.5 Å². The highest BCUT2D eigenvalue weighted by molar-refractivity contribution is 9.10. The van der Waals surface area contributed by atoms with E-state index in [0.29, 0.717) is 6.04 Å². The lowest BCUT2D eigenvalue weighted by Gasteiger charge is -2.31. The Hall–Kier alpha value is -0.0900. The summed E-state index contributed by atoms with van der Waals surface area (Å²) < 4.78 is 0.950. The number of nitrogens with zero attached hydrogens (tertiary/aromatic N) is 1. The molecule has 1 aromatic rings. The van der Waals surface area contributed by atoms with Gasteiger partial charge in [-0.2, -0.15) is 0 Å². The Morgan fingerprint density at radius 2 is 1.90 bits per heavy atom. The highest BCUT2D eigenvalue weighted by Gasteiger charge is 2.19. The molecule has 4 heteroatoms.